The van der Waals surface area contributed by atoms with E-state index in [2.05, 4.69) is 16.0 Å². The third-order valence-electron chi connectivity index (χ3n) is 4.30. The molecule has 0 aromatic heterocycles. The molecule has 168 valence electrons. The number of aliphatic carboxylic acids is 1. The molecule has 0 radical (unpaired) electrons. The average molecular weight is 416 g/mol. The van der Waals surface area contributed by atoms with E-state index in [1.54, 1.807) is 13.8 Å². The molecule has 8 N–H and O–H groups in total. The highest BCUT2D eigenvalue weighted by atomic mass is 16.4. The van der Waals surface area contributed by atoms with E-state index in [0.29, 0.717) is 32.2 Å². The quantitative estimate of drug-likeness (QED) is 0.203. The van der Waals surface area contributed by atoms with Crippen LogP contribution in [0.5, 0.6) is 0 Å². The first-order valence-electron chi connectivity index (χ1n) is 10.0. The summed E-state index contributed by atoms with van der Waals surface area (Å²) in [5, 5.41) is 16.3. The van der Waals surface area contributed by atoms with Crippen LogP contribution in [0.4, 0.5) is 0 Å². The first-order chi connectivity index (χ1) is 13.5. The zero-order chi connectivity index (χ0) is 22.6. The van der Waals surface area contributed by atoms with Gasteiger partial charge in [-0.2, -0.15) is 0 Å². The van der Waals surface area contributed by atoms with E-state index in [-0.39, 0.29) is 11.8 Å². The second-order valence-electron chi connectivity index (χ2n) is 7.92. The summed E-state index contributed by atoms with van der Waals surface area (Å²) in [6, 6.07) is -2.52. The normalized spacial score (nSPS) is 14.2. The Morgan fingerprint density at radius 3 is 2.03 bits per heavy atom. The molecule has 0 spiro atoms. The first-order valence-corrected chi connectivity index (χ1v) is 10.0. The second kappa shape index (κ2) is 13.9. The van der Waals surface area contributed by atoms with E-state index >= 15 is 0 Å². The van der Waals surface area contributed by atoms with Crippen LogP contribution in [0.15, 0.2) is 0 Å². The summed E-state index contributed by atoms with van der Waals surface area (Å²) in [6.07, 6.45) is 2.03. The number of unbranched alkanes of at least 4 members (excludes halogenated alkanes) is 1. The van der Waals surface area contributed by atoms with E-state index in [9.17, 15) is 19.2 Å². The van der Waals surface area contributed by atoms with E-state index in [1.807, 2.05) is 13.8 Å². The molecule has 0 bridgehead atoms. The molecule has 0 fully saturated rings. The van der Waals surface area contributed by atoms with E-state index < -0.39 is 48.4 Å². The highest BCUT2D eigenvalue weighted by molar-refractivity contribution is 5.93. The molecule has 3 unspecified atom stereocenters. The summed E-state index contributed by atoms with van der Waals surface area (Å²) in [6.45, 7) is 7.33. The number of carbonyl (C=O) groups is 4. The lowest BCUT2D eigenvalue weighted by atomic mass is 9.99. The lowest BCUT2D eigenvalue weighted by Crippen LogP contribution is -2.57. The maximum absolute atomic E-state index is 12.8. The summed E-state index contributed by atoms with van der Waals surface area (Å²) in [5.41, 5.74) is 11.4. The van der Waals surface area contributed by atoms with Crippen molar-refractivity contribution in [2.45, 2.75) is 71.5 Å². The molecule has 0 aliphatic carbocycles. The number of nitrogens with one attached hydrogen (secondary N) is 3. The average Bonchev–Trinajstić information content (AvgIpc) is 2.62. The fraction of sp³-hybridized carbons (Fsp3) is 0.789. The van der Waals surface area contributed by atoms with Crippen LogP contribution < -0.4 is 27.4 Å². The topological polar surface area (TPSA) is 177 Å². The van der Waals surface area contributed by atoms with Crippen molar-refractivity contribution in [2.75, 3.05) is 13.1 Å². The van der Waals surface area contributed by atoms with Gasteiger partial charge in [0.05, 0.1) is 6.04 Å². The lowest BCUT2D eigenvalue weighted by Gasteiger charge is -2.26. The van der Waals surface area contributed by atoms with Crippen LogP contribution in [0, 0.1) is 11.8 Å². The van der Waals surface area contributed by atoms with E-state index in [0.717, 1.165) is 0 Å². The van der Waals surface area contributed by atoms with Gasteiger partial charge in [0, 0.05) is 0 Å². The Hall–Kier alpha value is -2.20. The van der Waals surface area contributed by atoms with Crippen LogP contribution in [0.3, 0.4) is 0 Å². The number of carboxylic acid groups (broad SMARTS) is 1. The number of hydrogen-bond donors (Lipinski definition) is 6. The highest BCUT2D eigenvalue weighted by Crippen LogP contribution is 2.08. The standard InChI is InChI=1S/C19H37N5O5/c1-11(2)9-13(21)17(27)24-16(12(3)4)19(29)23-14(7-5-6-8-20)18(28)22-10-15(25)26/h11-14,16H,5-10,20-21H2,1-4H3,(H,22,28)(H,23,29)(H,24,27)(H,25,26). The predicted molar refractivity (Wildman–Crippen MR) is 110 cm³/mol. The van der Waals surface area contributed by atoms with Crippen molar-refractivity contribution in [3.05, 3.63) is 0 Å². The SMILES string of the molecule is CC(C)CC(N)C(=O)NC(C(=O)NC(CCCCN)C(=O)NCC(=O)O)C(C)C. The van der Waals surface area contributed by atoms with Gasteiger partial charge in [-0.1, -0.05) is 27.7 Å². The molecule has 3 amide bonds. The number of nitrogens with two attached hydrogens (primary N) is 2. The number of carbonyl (C=O) groups excluding carboxylic acids is 3. The van der Waals surface area contributed by atoms with Crippen molar-refractivity contribution >= 4 is 23.7 Å². The van der Waals surface area contributed by atoms with Gasteiger partial charge in [-0.25, -0.2) is 0 Å². The van der Waals surface area contributed by atoms with Crippen molar-refractivity contribution in [3.8, 4) is 0 Å². The third-order valence-corrected chi connectivity index (χ3v) is 4.30. The van der Waals surface area contributed by atoms with Gasteiger partial charge in [-0.05, 0) is 44.1 Å². The minimum Gasteiger partial charge on any atom is -0.480 e. The monoisotopic (exact) mass is 415 g/mol. The fourth-order valence-corrected chi connectivity index (χ4v) is 2.72. The number of amides is 3. The molecule has 10 heteroatoms. The van der Waals surface area contributed by atoms with Crippen molar-refractivity contribution in [2.24, 2.45) is 23.3 Å². The summed E-state index contributed by atoms with van der Waals surface area (Å²) < 4.78 is 0. The Balaban J connectivity index is 5.13. The van der Waals surface area contributed by atoms with Gasteiger partial charge in [-0.15, -0.1) is 0 Å². The summed E-state index contributed by atoms with van der Waals surface area (Å²) in [7, 11) is 0. The maximum atomic E-state index is 12.8. The lowest BCUT2D eigenvalue weighted by molar-refractivity contribution is -0.138. The Bertz CT molecular complexity index is 553. The van der Waals surface area contributed by atoms with Gasteiger partial charge < -0.3 is 32.5 Å². The second-order valence-corrected chi connectivity index (χ2v) is 7.92. The fourth-order valence-electron chi connectivity index (χ4n) is 2.72. The van der Waals surface area contributed by atoms with Crippen molar-refractivity contribution in [3.63, 3.8) is 0 Å². The van der Waals surface area contributed by atoms with Crippen LogP contribution in [-0.4, -0.2) is 60.0 Å². The molecule has 0 saturated carbocycles. The van der Waals surface area contributed by atoms with Gasteiger partial charge in [-0.3, -0.25) is 19.2 Å². The molecule has 0 aliphatic heterocycles. The summed E-state index contributed by atoms with van der Waals surface area (Å²) >= 11 is 0. The van der Waals surface area contributed by atoms with Crippen molar-refractivity contribution in [1.29, 1.82) is 0 Å². The van der Waals surface area contributed by atoms with Gasteiger partial charge in [0.25, 0.3) is 0 Å². The van der Waals surface area contributed by atoms with Gasteiger partial charge in [0.1, 0.15) is 18.6 Å². The molecule has 3 atom stereocenters. The Labute approximate surface area is 172 Å². The Kier molecular flexibility index (Phi) is 12.8. The number of carboxylic acids is 1. The summed E-state index contributed by atoms with van der Waals surface area (Å²) in [4.78, 5) is 48.1. The summed E-state index contributed by atoms with van der Waals surface area (Å²) in [5.74, 6) is -2.74. The van der Waals surface area contributed by atoms with E-state index in [4.69, 9.17) is 16.6 Å². The molecule has 29 heavy (non-hydrogen) atoms. The molecule has 10 nitrogen and oxygen atoms in total. The molecule has 0 rings (SSSR count). The van der Waals surface area contributed by atoms with Crippen LogP contribution in [0.1, 0.15) is 53.4 Å². The van der Waals surface area contributed by atoms with Crippen molar-refractivity contribution < 1.29 is 24.3 Å². The third kappa shape index (κ3) is 11.4. The van der Waals surface area contributed by atoms with Crippen LogP contribution >= 0.6 is 0 Å². The van der Waals surface area contributed by atoms with Crippen LogP contribution in [0.25, 0.3) is 0 Å². The molecule has 0 aromatic carbocycles. The number of hydrogen-bond acceptors (Lipinski definition) is 6. The van der Waals surface area contributed by atoms with Crippen LogP contribution in [-0.2, 0) is 19.2 Å². The number of rotatable bonds is 14. The minimum absolute atomic E-state index is 0.229. The predicted octanol–water partition coefficient (Wildman–Crippen LogP) is -0.685. The van der Waals surface area contributed by atoms with Gasteiger partial charge in [0.15, 0.2) is 0 Å². The van der Waals surface area contributed by atoms with Crippen LogP contribution in [0.2, 0.25) is 0 Å². The zero-order valence-electron chi connectivity index (χ0n) is 17.9. The molecular formula is C19H37N5O5. The molecule has 0 aromatic rings. The molecule has 0 aliphatic rings. The minimum atomic E-state index is -1.18. The molecule has 0 saturated heterocycles. The molecule has 0 heterocycles. The Morgan fingerprint density at radius 2 is 1.55 bits per heavy atom. The van der Waals surface area contributed by atoms with Gasteiger partial charge in [0.2, 0.25) is 17.7 Å². The zero-order valence-corrected chi connectivity index (χ0v) is 17.9. The molecular weight excluding hydrogens is 378 g/mol. The smallest absolute Gasteiger partial charge is 0.322 e. The Morgan fingerprint density at radius 1 is 0.931 bits per heavy atom. The largest absolute Gasteiger partial charge is 0.480 e. The van der Waals surface area contributed by atoms with E-state index in [1.165, 1.54) is 0 Å². The van der Waals surface area contributed by atoms with Crippen molar-refractivity contribution in [1.82, 2.24) is 16.0 Å². The highest BCUT2D eigenvalue weighted by Gasteiger charge is 2.30. The van der Waals surface area contributed by atoms with Gasteiger partial charge >= 0.3 is 5.97 Å². The first kappa shape index (κ1) is 26.8. The maximum Gasteiger partial charge on any atom is 0.322 e.